The maximum Gasteiger partial charge on any atom is 0.235 e. The number of thiophene rings is 2. The van der Waals surface area contributed by atoms with Crippen molar-refractivity contribution in [1.29, 1.82) is 5.26 Å². The molecule has 0 aliphatic heterocycles. The number of aromatic nitrogens is 3. The molecule has 0 atom stereocenters. The standard InChI is InChI=1S/C23H27N5OS3/c1-13(2)28-21(18-11-30-15(4)14(18)3)26-27-23(28)31-12-20(29)25-22-17(10-24)16-8-6-5-7-9-19(16)32-22/h11,13H,5-9,12H2,1-4H3,(H,25,29). The predicted octanol–water partition coefficient (Wildman–Crippen LogP) is 6.14. The third-order valence-corrected chi connectivity index (χ3v) is 8.99. The lowest BCUT2D eigenvalue weighted by Crippen LogP contribution is -2.15. The Balaban J connectivity index is 1.50. The highest BCUT2D eigenvalue weighted by Gasteiger charge is 2.23. The number of aryl methyl sites for hydroxylation is 2. The van der Waals surface area contributed by atoms with E-state index in [0.29, 0.717) is 10.6 Å². The first kappa shape index (κ1) is 23.0. The minimum atomic E-state index is -0.120. The molecule has 9 heteroatoms. The third kappa shape index (κ3) is 4.49. The average Bonchev–Trinajstić information content (AvgIpc) is 3.37. The van der Waals surface area contributed by atoms with Crippen LogP contribution in [0.25, 0.3) is 11.4 Å². The molecule has 0 radical (unpaired) electrons. The molecule has 0 fully saturated rings. The maximum atomic E-state index is 12.8. The van der Waals surface area contributed by atoms with E-state index in [0.717, 1.165) is 47.8 Å². The average molecular weight is 486 g/mol. The zero-order valence-corrected chi connectivity index (χ0v) is 21.3. The third-order valence-electron chi connectivity index (χ3n) is 5.83. The molecule has 1 amide bonds. The fraction of sp³-hybridized carbons (Fsp3) is 0.478. The first-order valence-corrected chi connectivity index (χ1v) is 13.6. The number of nitriles is 1. The molecule has 0 bridgehead atoms. The highest BCUT2D eigenvalue weighted by atomic mass is 32.2. The summed E-state index contributed by atoms with van der Waals surface area (Å²) in [6.45, 7) is 8.42. The summed E-state index contributed by atoms with van der Waals surface area (Å²) >= 11 is 4.67. The zero-order chi connectivity index (χ0) is 22.8. The van der Waals surface area contributed by atoms with Crippen molar-refractivity contribution in [3.63, 3.8) is 0 Å². The van der Waals surface area contributed by atoms with Gasteiger partial charge in [0.2, 0.25) is 5.91 Å². The summed E-state index contributed by atoms with van der Waals surface area (Å²) in [5.74, 6) is 0.948. The Kier molecular flexibility index (Phi) is 7.03. The first-order chi connectivity index (χ1) is 15.4. The lowest BCUT2D eigenvalue weighted by molar-refractivity contribution is -0.113. The smallest absolute Gasteiger partial charge is 0.235 e. The molecular formula is C23H27N5OS3. The second-order valence-electron chi connectivity index (χ2n) is 8.32. The second kappa shape index (κ2) is 9.77. The van der Waals surface area contributed by atoms with Gasteiger partial charge in [-0.15, -0.1) is 32.9 Å². The van der Waals surface area contributed by atoms with Crippen molar-refractivity contribution in [3.05, 3.63) is 31.8 Å². The Morgan fingerprint density at radius 2 is 2.06 bits per heavy atom. The fourth-order valence-corrected chi connectivity index (χ4v) is 6.99. The maximum absolute atomic E-state index is 12.8. The number of rotatable bonds is 6. The molecule has 1 aliphatic carbocycles. The molecule has 0 unspecified atom stereocenters. The summed E-state index contributed by atoms with van der Waals surface area (Å²) in [5.41, 5.74) is 4.12. The van der Waals surface area contributed by atoms with Crippen LogP contribution in [-0.4, -0.2) is 26.4 Å². The summed E-state index contributed by atoms with van der Waals surface area (Å²) < 4.78 is 2.10. The van der Waals surface area contributed by atoms with Gasteiger partial charge < -0.3 is 5.32 Å². The van der Waals surface area contributed by atoms with Crippen molar-refractivity contribution >= 4 is 45.3 Å². The Hall–Kier alpha value is -2.15. The number of thioether (sulfide) groups is 1. The van der Waals surface area contributed by atoms with Gasteiger partial charge in [-0.25, -0.2) is 0 Å². The van der Waals surface area contributed by atoms with Crippen LogP contribution in [0.15, 0.2) is 10.5 Å². The number of hydrogen-bond acceptors (Lipinski definition) is 7. The van der Waals surface area contributed by atoms with Crippen LogP contribution in [0.4, 0.5) is 5.00 Å². The molecule has 32 heavy (non-hydrogen) atoms. The van der Waals surface area contributed by atoms with Crippen LogP contribution < -0.4 is 5.32 Å². The second-order valence-corrected chi connectivity index (χ2v) is 11.4. The molecule has 0 aromatic carbocycles. The van der Waals surface area contributed by atoms with Gasteiger partial charge in [0.05, 0.1) is 11.3 Å². The number of nitrogens with zero attached hydrogens (tertiary/aromatic N) is 4. The summed E-state index contributed by atoms with van der Waals surface area (Å²) in [6.07, 6.45) is 5.39. The molecular weight excluding hydrogens is 458 g/mol. The number of hydrogen-bond donors (Lipinski definition) is 1. The topological polar surface area (TPSA) is 83.6 Å². The van der Waals surface area contributed by atoms with E-state index in [1.165, 1.54) is 33.5 Å². The van der Waals surface area contributed by atoms with Crippen LogP contribution in [0.5, 0.6) is 0 Å². The zero-order valence-electron chi connectivity index (χ0n) is 18.8. The quantitative estimate of drug-likeness (QED) is 0.335. The molecule has 168 valence electrons. The van der Waals surface area contributed by atoms with Gasteiger partial charge in [0.15, 0.2) is 11.0 Å². The number of carbonyl (C=O) groups is 1. The number of anilines is 1. The Morgan fingerprint density at radius 1 is 1.28 bits per heavy atom. The summed E-state index contributed by atoms with van der Waals surface area (Å²) in [5, 5.41) is 25.1. The molecule has 1 N–H and O–H groups in total. The molecule has 0 saturated carbocycles. The highest BCUT2D eigenvalue weighted by molar-refractivity contribution is 7.99. The van der Waals surface area contributed by atoms with Gasteiger partial charge in [-0.1, -0.05) is 18.2 Å². The normalized spacial score (nSPS) is 13.6. The SMILES string of the molecule is Cc1scc(-c2nnc(SCC(=O)Nc3sc4c(c3C#N)CCCCC4)n2C(C)C)c1C. The van der Waals surface area contributed by atoms with E-state index in [4.69, 9.17) is 0 Å². The highest BCUT2D eigenvalue weighted by Crippen LogP contribution is 2.37. The van der Waals surface area contributed by atoms with Gasteiger partial charge in [0, 0.05) is 26.7 Å². The van der Waals surface area contributed by atoms with Gasteiger partial charge in [-0.2, -0.15) is 5.26 Å². The Labute approximate surface area is 201 Å². The van der Waals surface area contributed by atoms with Crippen molar-refractivity contribution in [2.24, 2.45) is 0 Å². The fourth-order valence-electron chi connectivity index (χ4n) is 4.00. The molecule has 0 spiro atoms. The number of fused-ring (bicyclic) bond motifs is 1. The van der Waals surface area contributed by atoms with E-state index in [-0.39, 0.29) is 17.7 Å². The predicted molar refractivity (Wildman–Crippen MR) is 133 cm³/mol. The van der Waals surface area contributed by atoms with Crippen molar-refractivity contribution in [1.82, 2.24) is 14.8 Å². The van der Waals surface area contributed by atoms with E-state index in [1.54, 1.807) is 22.7 Å². The van der Waals surface area contributed by atoms with Gasteiger partial charge in [-0.3, -0.25) is 9.36 Å². The summed E-state index contributed by atoms with van der Waals surface area (Å²) in [6, 6.07) is 2.50. The minimum Gasteiger partial charge on any atom is -0.316 e. The molecule has 0 saturated heterocycles. The number of nitrogens with one attached hydrogen (secondary N) is 1. The molecule has 3 aromatic rings. The van der Waals surface area contributed by atoms with Crippen molar-refractivity contribution in [2.45, 2.75) is 71.0 Å². The van der Waals surface area contributed by atoms with E-state index in [1.807, 2.05) is 0 Å². The van der Waals surface area contributed by atoms with Crippen LogP contribution in [0.2, 0.25) is 0 Å². The molecule has 3 aromatic heterocycles. The summed E-state index contributed by atoms with van der Waals surface area (Å²) in [7, 11) is 0. The summed E-state index contributed by atoms with van der Waals surface area (Å²) in [4.78, 5) is 15.3. The Bertz CT molecular complexity index is 1180. The van der Waals surface area contributed by atoms with Crippen LogP contribution in [-0.2, 0) is 17.6 Å². The van der Waals surface area contributed by atoms with E-state index < -0.39 is 0 Å². The monoisotopic (exact) mass is 485 g/mol. The van der Waals surface area contributed by atoms with Gasteiger partial charge in [0.1, 0.15) is 11.1 Å². The Morgan fingerprint density at radius 3 is 2.75 bits per heavy atom. The van der Waals surface area contributed by atoms with Crippen LogP contribution in [0, 0.1) is 25.2 Å². The minimum absolute atomic E-state index is 0.120. The molecule has 6 nitrogen and oxygen atoms in total. The van der Waals surface area contributed by atoms with Crippen LogP contribution >= 0.6 is 34.4 Å². The molecule has 4 rings (SSSR count). The van der Waals surface area contributed by atoms with E-state index in [2.05, 4.69) is 59.2 Å². The largest absolute Gasteiger partial charge is 0.316 e. The molecule has 3 heterocycles. The first-order valence-electron chi connectivity index (χ1n) is 10.9. The lowest BCUT2D eigenvalue weighted by Gasteiger charge is -2.13. The van der Waals surface area contributed by atoms with E-state index >= 15 is 0 Å². The van der Waals surface area contributed by atoms with Crippen molar-refractivity contribution in [2.75, 3.05) is 11.1 Å². The van der Waals surface area contributed by atoms with Crippen molar-refractivity contribution < 1.29 is 4.79 Å². The van der Waals surface area contributed by atoms with Gasteiger partial charge in [-0.05, 0) is 64.5 Å². The number of carbonyl (C=O) groups excluding carboxylic acids is 1. The molecule has 1 aliphatic rings. The van der Waals surface area contributed by atoms with Gasteiger partial charge >= 0.3 is 0 Å². The van der Waals surface area contributed by atoms with Crippen LogP contribution in [0.3, 0.4) is 0 Å². The van der Waals surface area contributed by atoms with Crippen LogP contribution in [0.1, 0.15) is 65.6 Å². The van der Waals surface area contributed by atoms with Gasteiger partial charge in [0.25, 0.3) is 0 Å². The number of amides is 1. The van der Waals surface area contributed by atoms with E-state index in [9.17, 15) is 10.1 Å². The lowest BCUT2D eigenvalue weighted by atomic mass is 10.1. The van der Waals surface area contributed by atoms with Crippen molar-refractivity contribution in [3.8, 4) is 17.5 Å².